The maximum absolute atomic E-state index is 11.7. The van der Waals surface area contributed by atoms with Crippen LogP contribution >= 0.6 is 22.6 Å². The third-order valence-corrected chi connectivity index (χ3v) is 3.38. The van der Waals surface area contributed by atoms with Gasteiger partial charge in [0.15, 0.2) is 0 Å². The summed E-state index contributed by atoms with van der Waals surface area (Å²) in [7, 11) is 0. The summed E-state index contributed by atoms with van der Waals surface area (Å²) < 4.78 is 2.12. The molecule has 9 heteroatoms. The van der Waals surface area contributed by atoms with Gasteiger partial charge < -0.3 is 15.7 Å². The number of benzene rings is 1. The molecule has 110 valence electrons. The summed E-state index contributed by atoms with van der Waals surface area (Å²) in [5, 5.41) is 21.4. The first-order valence-corrected chi connectivity index (χ1v) is 7.02. The van der Waals surface area contributed by atoms with Crippen molar-refractivity contribution in [3.05, 3.63) is 39.7 Å². The highest BCUT2D eigenvalue weighted by molar-refractivity contribution is 14.1. The monoisotopic (exact) mass is 401 g/mol. The van der Waals surface area contributed by atoms with E-state index in [0.29, 0.717) is 11.4 Å². The Kier molecular flexibility index (Phi) is 5.09. The van der Waals surface area contributed by atoms with Gasteiger partial charge in [0.2, 0.25) is 0 Å². The zero-order chi connectivity index (χ0) is 15.2. The van der Waals surface area contributed by atoms with Crippen LogP contribution in [0.25, 0.3) is 0 Å². The van der Waals surface area contributed by atoms with Crippen molar-refractivity contribution in [3.63, 3.8) is 0 Å². The number of hydrogen-bond donors (Lipinski definition) is 3. The number of anilines is 1. The van der Waals surface area contributed by atoms with Crippen LogP contribution in [0.2, 0.25) is 0 Å². The van der Waals surface area contributed by atoms with Gasteiger partial charge in [-0.3, -0.25) is 4.79 Å². The molecule has 1 aromatic carbocycles. The number of halogens is 1. The summed E-state index contributed by atoms with van der Waals surface area (Å²) in [5.74, 6) is -1.00. The number of nitrogens with one attached hydrogen (secondary N) is 2. The average molecular weight is 401 g/mol. The Bertz CT molecular complexity index is 658. The van der Waals surface area contributed by atoms with Gasteiger partial charge in [0.25, 0.3) is 0 Å². The molecule has 0 radical (unpaired) electrons. The van der Waals surface area contributed by atoms with Crippen molar-refractivity contribution in [1.82, 2.24) is 20.3 Å². The van der Waals surface area contributed by atoms with E-state index in [1.807, 2.05) is 18.2 Å². The molecule has 8 nitrogen and oxygen atoms in total. The first kappa shape index (κ1) is 15.2. The number of hydrogen-bond acceptors (Lipinski definition) is 4. The van der Waals surface area contributed by atoms with Crippen molar-refractivity contribution in [2.24, 2.45) is 0 Å². The molecule has 2 aromatic rings. The summed E-state index contributed by atoms with van der Waals surface area (Å²) >= 11 is 2.12. The van der Waals surface area contributed by atoms with Crippen molar-refractivity contribution in [2.75, 3.05) is 5.32 Å². The van der Waals surface area contributed by atoms with Crippen LogP contribution < -0.4 is 10.6 Å². The summed E-state index contributed by atoms with van der Waals surface area (Å²) in [5.41, 5.74) is 1.19. The first-order valence-electron chi connectivity index (χ1n) is 5.95. The quantitative estimate of drug-likeness (QED) is 0.655. The smallest absolute Gasteiger partial charge is 0.325 e. The predicted octanol–water partition coefficient (Wildman–Crippen LogP) is 1.29. The third-order valence-electron chi connectivity index (χ3n) is 2.44. The van der Waals surface area contributed by atoms with Crippen molar-refractivity contribution in [1.29, 1.82) is 0 Å². The summed E-state index contributed by atoms with van der Waals surface area (Å²) in [6.07, 6.45) is 1.47. The SMILES string of the molecule is O=C(O)Cn1cc(CNC(=O)Nc2ccccc2I)nn1. The van der Waals surface area contributed by atoms with Crippen LogP contribution in [0.3, 0.4) is 0 Å². The van der Waals surface area contributed by atoms with E-state index >= 15 is 0 Å². The van der Waals surface area contributed by atoms with Crippen molar-refractivity contribution in [2.45, 2.75) is 13.1 Å². The van der Waals surface area contributed by atoms with Gasteiger partial charge >= 0.3 is 12.0 Å². The Morgan fingerprint density at radius 3 is 2.81 bits per heavy atom. The molecule has 0 saturated heterocycles. The van der Waals surface area contributed by atoms with Gasteiger partial charge in [0.05, 0.1) is 18.4 Å². The highest BCUT2D eigenvalue weighted by Crippen LogP contribution is 2.16. The molecule has 21 heavy (non-hydrogen) atoms. The fraction of sp³-hybridized carbons (Fsp3) is 0.167. The van der Waals surface area contributed by atoms with Gasteiger partial charge in [-0.25, -0.2) is 9.48 Å². The fourth-order valence-electron chi connectivity index (χ4n) is 1.54. The summed E-state index contributed by atoms with van der Waals surface area (Å²) in [4.78, 5) is 22.3. The lowest BCUT2D eigenvalue weighted by Crippen LogP contribution is -2.28. The van der Waals surface area contributed by atoms with Gasteiger partial charge in [-0.1, -0.05) is 17.3 Å². The van der Waals surface area contributed by atoms with E-state index in [1.54, 1.807) is 6.07 Å². The highest BCUT2D eigenvalue weighted by Gasteiger charge is 2.07. The number of carbonyl (C=O) groups excluding carboxylic acids is 1. The Morgan fingerprint density at radius 1 is 1.33 bits per heavy atom. The molecular weight excluding hydrogens is 389 g/mol. The Morgan fingerprint density at radius 2 is 2.10 bits per heavy atom. The molecule has 0 fully saturated rings. The number of carboxylic acids is 1. The molecule has 0 spiro atoms. The van der Waals surface area contributed by atoms with Crippen LogP contribution in [-0.2, 0) is 17.9 Å². The zero-order valence-electron chi connectivity index (χ0n) is 10.8. The van der Waals surface area contributed by atoms with Crippen LogP contribution in [0, 0.1) is 3.57 Å². The molecule has 1 heterocycles. The topological polar surface area (TPSA) is 109 Å². The number of urea groups is 1. The number of carbonyl (C=O) groups is 2. The minimum absolute atomic E-state index is 0.162. The molecule has 0 saturated carbocycles. The number of nitrogens with zero attached hydrogens (tertiary/aromatic N) is 3. The molecule has 0 unspecified atom stereocenters. The Labute approximate surface area is 133 Å². The van der Waals surface area contributed by atoms with Gasteiger partial charge in [-0.15, -0.1) is 5.10 Å². The number of aromatic nitrogens is 3. The van der Waals surface area contributed by atoms with Crippen molar-refractivity contribution >= 4 is 40.3 Å². The van der Waals surface area contributed by atoms with E-state index in [-0.39, 0.29) is 19.1 Å². The third kappa shape index (κ3) is 4.70. The minimum Gasteiger partial charge on any atom is -0.480 e. The molecule has 0 aliphatic rings. The summed E-state index contributed by atoms with van der Waals surface area (Å²) in [6.45, 7) is -0.101. The highest BCUT2D eigenvalue weighted by atomic mass is 127. The average Bonchev–Trinajstić information content (AvgIpc) is 2.86. The maximum atomic E-state index is 11.7. The molecule has 0 aliphatic heterocycles. The maximum Gasteiger partial charge on any atom is 0.325 e. The number of carboxylic acid groups (broad SMARTS) is 1. The van der Waals surface area contributed by atoms with E-state index in [1.165, 1.54) is 10.9 Å². The van der Waals surface area contributed by atoms with Crippen molar-refractivity contribution in [3.8, 4) is 0 Å². The second-order valence-electron chi connectivity index (χ2n) is 4.09. The standard InChI is InChI=1S/C12H12IN5O3/c13-9-3-1-2-4-10(9)15-12(21)14-5-8-6-18(17-16-8)7-11(19)20/h1-4,6H,5,7H2,(H,19,20)(H2,14,15,21). The Balaban J connectivity index is 1.85. The van der Waals surface area contributed by atoms with E-state index in [2.05, 4.69) is 43.5 Å². The number of para-hydroxylation sites is 1. The van der Waals surface area contributed by atoms with Gasteiger partial charge in [-0.05, 0) is 34.7 Å². The molecular formula is C12H12IN5O3. The Hall–Kier alpha value is -2.17. The number of rotatable bonds is 5. The predicted molar refractivity (Wildman–Crippen MR) is 82.7 cm³/mol. The molecule has 1 aromatic heterocycles. The largest absolute Gasteiger partial charge is 0.480 e. The lowest BCUT2D eigenvalue weighted by atomic mass is 10.3. The second-order valence-corrected chi connectivity index (χ2v) is 5.25. The van der Waals surface area contributed by atoms with Gasteiger partial charge in [-0.2, -0.15) is 0 Å². The van der Waals surface area contributed by atoms with Crippen LogP contribution in [-0.4, -0.2) is 32.1 Å². The lowest BCUT2D eigenvalue weighted by Gasteiger charge is -2.07. The van der Waals surface area contributed by atoms with E-state index in [0.717, 1.165) is 3.57 Å². The molecule has 0 atom stereocenters. The zero-order valence-corrected chi connectivity index (χ0v) is 12.9. The second kappa shape index (κ2) is 7.02. The molecule has 0 aliphatic carbocycles. The van der Waals surface area contributed by atoms with E-state index in [9.17, 15) is 9.59 Å². The number of aliphatic carboxylic acids is 1. The van der Waals surface area contributed by atoms with Crippen molar-refractivity contribution < 1.29 is 14.7 Å². The molecule has 3 N–H and O–H groups in total. The van der Waals surface area contributed by atoms with Gasteiger partial charge in [0, 0.05) is 3.57 Å². The fourth-order valence-corrected chi connectivity index (χ4v) is 2.06. The normalized spacial score (nSPS) is 10.1. The van der Waals surface area contributed by atoms with Crippen LogP contribution in [0.1, 0.15) is 5.69 Å². The first-order chi connectivity index (χ1) is 10.0. The molecule has 2 rings (SSSR count). The lowest BCUT2D eigenvalue weighted by molar-refractivity contribution is -0.137. The van der Waals surface area contributed by atoms with Crippen LogP contribution in [0.5, 0.6) is 0 Å². The van der Waals surface area contributed by atoms with Gasteiger partial charge in [0.1, 0.15) is 12.2 Å². The van der Waals surface area contributed by atoms with Crippen LogP contribution in [0.15, 0.2) is 30.5 Å². The minimum atomic E-state index is -1.00. The summed E-state index contributed by atoms with van der Waals surface area (Å²) in [6, 6.07) is 7.02. The molecule has 0 bridgehead atoms. The van der Waals surface area contributed by atoms with E-state index in [4.69, 9.17) is 5.11 Å². The van der Waals surface area contributed by atoms with Crippen LogP contribution in [0.4, 0.5) is 10.5 Å². The number of amides is 2. The van der Waals surface area contributed by atoms with E-state index < -0.39 is 5.97 Å². The molecule has 2 amide bonds.